The molecule has 0 spiro atoms. The van der Waals surface area contributed by atoms with Crippen LogP contribution in [0.4, 0.5) is 36.8 Å². The number of fused-ring (bicyclic) bond motifs is 1. The zero-order chi connectivity index (χ0) is 33.7. The molecule has 0 radical (unpaired) electrons. The van der Waals surface area contributed by atoms with Crippen LogP contribution in [0.15, 0.2) is 36.4 Å². The number of urea groups is 1. The summed E-state index contributed by atoms with van der Waals surface area (Å²) in [6.07, 6.45) is -10.4. The third-order valence-electron chi connectivity index (χ3n) is 8.86. The molecule has 2 fully saturated rings. The summed E-state index contributed by atoms with van der Waals surface area (Å²) < 4.78 is 86.7. The highest BCUT2D eigenvalue weighted by molar-refractivity contribution is 6.09. The zero-order valence-electron chi connectivity index (χ0n) is 25.2. The van der Waals surface area contributed by atoms with Crippen LogP contribution < -0.4 is 15.0 Å². The number of carbonyl (C=O) groups excluding carboxylic acids is 3. The average Bonchev–Trinajstić information content (AvgIpc) is 3.43. The number of ether oxygens (including phenoxy) is 1. The summed E-state index contributed by atoms with van der Waals surface area (Å²) >= 11 is 0. The normalized spacial score (nSPS) is 20.8. The van der Waals surface area contributed by atoms with Gasteiger partial charge < -0.3 is 25.0 Å². The molecule has 0 aromatic heterocycles. The van der Waals surface area contributed by atoms with Gasteiger partial charge in [-0.2, -0.15) is 26.3 Å². The van der Waals surface area contributed by atoms with E-state index in [1.807, 2.05) is 0 Å². The van der Waals surface area contributed by atoms with Crippen molar-refractivity contribution in [3.63, 3.8) is 0 Å². The predicted octanol–water partition coefficient (Wildman–Crippen LogP) is 4.39. The highest BCUT2D eigenvalue weighted by Crippen LogP contribution is 2.50. The number of rotatable bonds is 7. The fourth-order valence-corrected chi connectivity index (χ4v) is 6.25. The van der Waals surface area contributed by atoms with E-state index < -0.39 is 53.4 Å². The van der Waals surface area contributed by atoms with E-state index in [9.17, 15) is 45.8 Å². The van der Waals surface area contributed by atoms with Gasteiger partial charge in [0.25, 0.3) is 11.5 Å². The lowest BCUT2D eigenvalue weighted by Crippen LogP contribution is -2.54. The molecule has 3 heterocycles. The lowest BCUT2D eigenvalue weighted by molar-refractivity contribution is -0.376. The van der Waals surface area contributed by atoms with Crippen molar-refractivity contribution < 1.29 is 50.6 Å². The molecule has 0 aliphatic carbocycles. The minimum Gasteiger partial charge on any atom is -0.493 e. The first-order valence-electron chi connectivity index (χ1n) is 14.9. The molecule has 15 heteroatoms. The standard InChI is InChI=1S/C31H34F6N4O5/c1-3-5-19-16-22(29(45,30(32,33)34)31(35,36)37)6-8-23(19)39-11-4-12-40(14-13-39)25(42)18-41-26(43)28(2,38-27(41)44)21-7-9-24-20(17-21)10-15-46-24/h6-9,16-17,45H,3-5,10-15,18H2,1-2H3,(H,38,44). The van der Waals surface area contributed by atoms with Gasteiger partial charge in [0.2, 0.25) is 5.91 Å². The Balaban J connectivity index is 1.29. The van der Waals surface area contributed by atoms with E-state index in [4.69, 9.17) is 4.74 Å². The number of halogens is 6. The Bertz CT molecular complexity index is 1520. The van der Waals surface area contributed by atoms with Crippen molar-refractivity contribution in [2.45, 2.75) is 63.0 Å². The summed E-state index contributed by atoms with van der Waals surface area (Å²) in [4.78, 5) is 43.8. The predicted molar refractivity (Wildman–Crippen MR) is 153 cm³/mol. The maximum atomic E-state index is 13.5. The fraction of sp³-hybridized carbons (Fsp3) is 0.516. The third-order valence-corrected chi connectivity index (χ3v) is 8.86. The Morgan fingerprint density at radius 2 is 1.72 bits per heavy atom. The number of amides is 4. The second-order valence-electron chi connectivity index (χ2n) is 11.9. The molecule has 2 saturated heterocycles. The first kappa shape index (κ1) is 33.4. The Labute approximate surface area is 261 Å². The molecule has 250 valence electrons. The highest BCUT2D eigenvalue weighted by Gasteiger charge is 2.71. The van der Waals surface area contributed by atoms with E-state index in [0.29, 0.717) is 55.5 Å². The quantitative estimate of drug-likeness (QED) is 0.339. The van der Waals surface area contributed by atoms with Crippen molar-refractivity contribution in [3.05, 3.63) is 58.7 Å². The van der Waals surface area contributed by atoms with Crippen molar-refractivity contribution in [3.8, 4) is 5.75 Å². The molecular weight excluding hydrogens is 622 g/mol. The van der Waals surface area contributed by atoms with Crippen LogP contribution in [0.3, 0.4) is 0 Å². The van der Waals surface area contributed by atoms with E-state index >= 15 is 0 Å². The number of hydrogen-bond donors (Lipinski definition) is 2. The van der Waals surface area contributed by atoms with Gasteiger partial charge in [-0.25, -0.2) is 4.79 Å². The van der Waals surface area contributed by atoms with Crippen molar-refractivity contribution in [1.82, 2.24) is 15.1 Å². The Morgan fingerprint density at radius 3 is 2.39 bits per heavy atom. The monoisotopic (exact) mass is 656 g/mol. The molecule has 9 nitrogen and oxygen atoms in total. The van der Waals surface area contributed by atoms with Crippen LogP contribution in [0, 0.1) is 0 Å². The first-order chi connectivity index (χ1) is 21.5. The number of hydrogen-bond acceptors (Lipinski definition) is 6. The smallest absolute Gasteiger partial charge is 0.430 e. The lowest BCUT2D eigenvalue weighted by Gasteiger charge is -2.34. The second-order valence-corrected chi connectivity index (χ2v) is 11.9. The molecule has 2 N–H and O–H groups in total. The van der Waals surface area contributed by atoms with E-state index in [1.165, 1.54) is 4.90 Å². The molecule has 3 aliphatic rings. The topological polar surface area (TPSA) is 102 Å². The summed E-state index contributed by atoms with van der Waals surface area (Å²) in [5.74, 6) is -0.349. The van der Waals surface area contributed by atoms with Gasteiger partial charge in [0.05, 0.1) is 6.61 Å². The van der Waals surface area contributed by atoms with Gasteiger partial charge in [0.1, 0.15) is 17.8 Å². The number of carbonyl (C=O) groups is 3. The van der Waals surface area contributed by atoms with Gasteiger partial charge in [-0.05, 0) is 54.7 Å². The lowest BCUT2D eigenvalue weighted by atomic mass is 9.89. The Morgan fingerprint density at radius 1 is 1.00 bits per heavy atom. The summed E-state index contributed by atoms with van der Waals surface area (Å²) in [6, 6.07) is 7.05. The molecule has 46 heavy (non-hydrogen) atoms. The molecule has 0 bridgehead atoms. The van der Waals surface area contributed by atoms with Gasteiger partial charge in [-0.1, -0.05) is 31.5 Å². The number of nitrogens with zero attached hydrogens (tertiary/aromatic N) is 3. The van der Waals surface area contributed by atoms with E-state index in [2.05, 4.69) is 5.32 Å². The number of alkyl halides is 6. The van der Waals surface area contributed by atoms with Crippen LogP contribution in [-0.2, 0) is 33.6 Å². The maximum Gasteiger partial charge on any atom is 0.430 e. The molecule has 4 amide bonds. The summed E-state index contributed by atoms with van der Waals surface area (Å²) in [5, 5.41) is 12.6. The number of aryl methyl sites for hydroxylation is 1. The van der Waals surface area contributed by atoms with Crippen molar-refractivity contribution >= 4 is 23.5 Å². The molecule has 1 atom stereocenters. The van der Waals surface area contributed by atoms with E-state index in [-0.39, 0.29) is 31.6 Å². The average molecular weight is 657 g/mol. The fourth-order valence-electron chi connectivity index (χ4n) is 6.25. The van der Waals surface area contributed by atoms with Gasteiger partial charge in [-0.3, -0.25) is 14.5 Å². The number of aliphatic hydroxyl groups is 1. The minimum atomic E-state index is -6.00. The van der Waals surface area contributed by atoms with Crippen LogP contribution in [0.5, 0.6) is 5.75 Å². The van der Waals surface area contributed by atoms with Crippen LogP contribution >= 0.6 is 0 Å². The van der Waals surface area contributed by atoms with Crippen LogP contribution in [0.25, 0.3) is 0 Å². The summed E-state index contributed by atoms with van der Waals surface area (Å²) in [6.45, 7) is 4.23. The number of benzene rings is 2. The number of imide groups is 1. The first-order valence-corrected chi connectivity index (χ1v) is 14.9. The largest absolute Gasteiger partial charge is 0.493 e. The Hall–Kier alpha value is -4.01. The van der Waals surface area contributed by atoms with Gasteiger partial charge in [0.15, 0.2) is 0 Å². The molecule has 0 saturated carbocycles. The molecule has 2 aromatic carbocycles. The van der Waals surface area contributed by atoms with Crippen LogP contribution in [-0.4, -0.2) is 84.4 Å². The minimum absolute atomic E-state index is 0.132. The zero-order valence-corrected chi connectivity index (χ0v) is 25.2. The molecule has 5 rings (SSSR count). The molecule has 1 unspecified atom stereocenters. The molecule has 3 aliphatic heterocycles. The van der Waals surface area contributed by atoms with Gasteiger partial charge in [-0.15, -0.1) is 0 Å². The summed E-state index contributed by atoms with van der Waals surface area (Å²) in [5.41, 5.74) is -5.66. The van der Waals surface area contributed by atoms with Gasteiger partial charge >= 0.3 is 18.4 Å². The van der Waals surface area contributed by atoms with Gasteiger partial charge in [0, 0.05) is 43.9 Å². The van der Waals surface area contributed by atoms with Crippen LogP contribution in [0.2, 0.25) is 0 Å². The van der Waals surface area contributed by atoms with E-state index in [1.54, 1.807) is 36.9 Å². The highest BCUT2D eigenvalue weighted by atomic mass is 19.4. The number of anilines is 1. The van der Waals surface area contributed by atoms with Crippen molar-refractivity contribution in [2.24, 2.45) is 0 Å². The van der Waals surface area contributed by atoms with Crippen molar-refractivity contribution in [2.75, 3.05) is 44.2 Å². The molecular formula is C31H34F6N4O5. The Kier molecular flexibility index (Phi) is 8.68. The van der Waals surface area contributed by atoms with Crippen molar-refractivity contribution in [1.29, 1.82) is 0 Å². The third kappa shape index (κ3) is 5.73. The van der Waals surface area contributed by atoms with Crippen LogP contribution in [0.1, 0.15) is 48.9 Å². The number of nitrogens with one attached hydrogen (secondary N) is 1. The SMILES string of the molecule is CCCc1cc(C(O)(C(F)(F)F)C(F)(F)F)ccc1N1CCCN(C(=O)CN2C(=O)NC(C)(c3ccc4c(c3)CCO4)C2=O)CC1. The second kappa shape index (κ2) is 12.0. The maximum absolute atomic E-state index is 13.5. The molecule has 2 aromatic rings. The summed E-state index contributed by atoms with van der Waals surface area (Å²) in [7, 11) is 0. The van der Waals surface area contributed by atoms with E-state index in [0.717, 1.165) is 22.6 Å².